The molecule has 16 heavy (non-hydrogen) atoms. The van der Waals surface area contributed by atoms with Crippen LogP contribution in [0.15, 0.2) is 12.1 Å². The van der Waals surface area contributed by atoms with Crippen LogP contribution in [0.25, 0.3) is 11.2 Å². The van der Waals surface area contributed by atoms with Crippen LogP contribution in [0.5, 0.6) is 5.88 Å². The van der Waals surface area contributed by atoms with Gasteiger partial charge in [0.15, 0.2) is 5.65 Å². The molecule has 86 valence electrons. The minimum Gasteiger partial charge on any atom is -0.478 e. The molecule has 4 N–H and O–H groups in total. The maximum atomic E-state index is 9.53. The molecule has 2 rings (SSSR count). The summed E-state index contributed by atoms with van der Waals surface area (Å²) in [6.45, 7) is 2.57. The van der Waals surface area contributed by atoms with Gasteiger partial charge in [0.2, 0.25) is 5.88 Å². The van der Waals surface area contributed by atoms with Crippen molar-refractivity contribution in [1.29, 1.82) is 0 Å². The molecule has 0 saturated heterocycles. The number of hydrogen-bond donors (Lipinski definition) is 3. The van der Waals surface area contributed by atoms with E-state index < -0.39 is 6.10 Å². The minimum atomic E-state index is -0.787. The number of aliphatic hydroxyl groups excluding tert-OH is 1. The van der Waals surface area contributed by atoms with Gasteiger partial charge in [0.25, 0.3) is 0 Å². The zero-order valence-corrected chi connectivity index (χ0v) is 8.97. The van der Waals surface area contributed by atoms with Crippen molar-refractivity contribution >= 4 is 11.2 Å². The second-order valence-electron chi connectivity index (χ2n) is 3.33. The van der Waals surface area contributed by atoms with E-state index in [0.717, 1.165) is 5.52 Å². The number of rotatable bonds is 4. The number of aromatic nitrogens is 3. The largest absolute Gasteiger partial charge is 0.478 e. The summed E-state index contributed by atoms with van der Waals surface area (Å²) < 4.78 is 5.26. The summed E-state index contributed by atoms with van der Waals surface area (Å²) >= 11 is 0. The van der Waals surface area contributed by atoms with E-state index in [9.17, 15) is 5.11 Å². The fourth-order valence-corrected chi connectivity index (χ4v) is 1.39. The third-order valence-electron chi connectivity index (χ3n) is 2.17. The highest BCUT2D eigenvalue weighted by atomic mass is 16.5. The van der Waals surface area contributed by atoms with E-state index in [1.165, 1.54) is 0 Å². The van der Waals surface area contributed by atoms with Gasteiger partial charge < -0.3 is 20.6 Å². The molecule has 2 heterocycles. The van der Waals surface area contributed by atoms with Crippen molar-refractivity contribution in [3.63, 3.8) is 0 Å². The van der Waals surface area contributed by atoms with Crippen molar-refractivity contribution in [3.8, 4) is 5.88 Å². The molecular formula is C10H14N4O2. The third kappa shape index (κ3) is 1.98. The lowest BCUT2D eigenvalue weighted by molar-refractivity contribution is 0.178. The Bertz CT molecular complexity index is 483. The highest BCUT2D eigenvalue weighted by molar-refractivity contribution is 5.71. The Morgan fingerprint density at radius 1 is 1.50 bits per heavy atom. The molecule has 1 atom stereocenters. The molecule has 0 radical (unpaired) electrons. The van der Waals surface area contributed by atoms with Gasteiger partial charge in [-0.25, -0.2) is 4.98 Å². The van der Waals surface area contributed by atoms with Crippen LogP contribution < -0.4 is 10.5 Å². The fraction of sp³-hybridized carbons (Fsp3) is 0.400. The second-order valence-corrected chi connectivity index (χ2v) is 3.33. The molecule has 0 bridgehead atoms. The Balaban J connectivity index is 2.38. The number of fused-ring (bicyclic) bond motifs is 1. The Kier molecular flexibility index (Phi) is 3.02. The zero-order valence-electron chi connectivity index (χ0n) is 8.97. The number of nitrogens with two attached hydrogens (primary N) is 1. The summed E-state index contributed by atoms with van der Waals surface area (Å²) in [5.41, 5.74) is 6.63. The molecular weight excluding hydrogens is 208 g/mol. The molecule has 0 saturated carbocycles. The van der Waals surface area contributed by atoms with Crippen molar-refractivity contribution in [1.82, 2.24) is 15.0 Å². The molecule has 1 unspecified atom stereocenters. The van der Waals surface area contributed by atoms with Gasteiger partial charge in [-0.05, 0) is 13.0 Å². The Labute approximate surface area is 92.5 Å². The van der Waals surface area contributed by atoms with E-state index in [4.69, 9.17) is 10.5 Å². The predicted molar refractivity (Wildman–Crippen MR) is 59.1 cm³/mol. The first-order valence-electron chi connectivity index (χ1n) is 5.12. The number of imidazole rings is 1. The van der Waals surface area contributed by atoms with Gasteiger partial charge >= 0.3 is 0 Å². The van der Waals surface area contributed by atoms with Gasteiger partial charge in [-0.15, -0.1) is 0 Å². The van der Waals surface area contributed by atoms with Gasteiger partial charge in [0, 0.05) is 12.6 Å². The summed E-state index contributed by atoms with van der Waals surface area (Å²) in [5, 5.41) is 9.53. The summed E-state index contributed by atoms with van der Waals surface area (Å²) in [7, 11) is 0. The van der Waals surface area contributed by atoms with Gasteiger partial charge in [-0.3, -0.25) is 0 Å². The second kappa shape index (κ2) is 4.46. The van der Waals surface area contributed by atoms with Crippen molar-refractivity contribution in [2.75, 3.05) is 13.2 Å². The van der Waals surface area contributed by atoms with E-state index in [-0.39, 0.29) is 6.54 Å². The molecule has 0 aromatic carbocycles. The van der Waals surface area contributed by atoms with E-state index in [1.54, 1.807) is 6.07 Å². The van der Waals surface area contributed by atoms with Crippen LogP contribution in [0.2, 0.25) is 0 Å². The molecule has 0 amide bonds. The fourth-order valence-electron chi connectivity index (χ4n) is 1.39. The van der Waals surface area contributed by atoms with Crippen LogP contribution in [-0.4, -0.2) is 33.2 Å². The third-order valence-corrected chi connectivity index (χ3v) is 2.17. The predicted octanol–water partition coefficient (Wildman–Crippen LogP) is 0.349. The molecule has 2 aromatic heterocycles. The Hall–Kier alpha value is -1.66. The molecule has 0 spiro atoms. The first kappa shape index (κ1) is 10.8. The lowest BCUT2D eigenvalue weighted by Crippen LogP contribution is -2.12. The number of H-pyrrole nitrogens is 1. The summed E-state index contributed by atoms with van der Waals surface area (Å²) in [6.07, 6.45) is -0.787. The molecule has 6 nitrogen and oxygen atoms in total. The van der Waals surface area contributed by atoms with Crippen LogP contribution in [0, 0.1) is 0 Å². The van der Waals surface area contributed by atoms with Crippen molar-refractivity contribution in [3.05, 3.63) is 18.0 Å². The van der Waals surface area contributed by atoms with Crippen LogP contribution in [-0.2, 0) is 0 Å². The zero-order chi connectivity index (χ0) is 11.5. The number of aliphatic hydroxyl groups is 1. The maximum absolute atomic E-state index is 9.53. The quantitative estimate of drug-likeness (QED) is 0.693. The lowest BCUT2D eigenvalue weighted by Gasteiger charge is -2.00. The number of pyridine rings is 1. The average Bonchev–Trinajstić information content (AvgIpc) is 2.71. The highest BCUT2D eigenvalue weighted by Crippen LogP contribution is 2.17. The van der Waals surface area contributed by atoms with E-state index in [1.807, 2.05) is 13.0 Å². The number of nitrogens with one attached hydrogen (secondary N) is 1. The van der Waals surface area contributed by atoms with Crippen LogP contribution >= 0.6 is 0 Å². The topological polar surface area (TPSA) is 97.0 Å². The van der Waals surface area contributed by atoms with Gasteiger partial charge in [-0.2, -0.15) is 4.98 Å². The minimum absolute atomic E-state index is 0.123. The first-order chi connectivity index (χ1) is 7.74. The SMILES string of the molecule is CCOc1ccc2[nH]c(C(O)CN)nc2n1. The monoisotopic (exact) mass is 222 g/mol. The average molecular weight is 222 g/mol. The lowest BCUT2D eigenvalue weighted by atomic mass is 10.3. The molecule has 0 aliphatic carbocycles. The summed E-state index contributed by atoms with van der Waals surface area (Å²) in [4.78, 5) is 11.3. The van der Waals surface area contributed by atoms with Gasteiger partial charge in [-0.1, -0.05) is 0 Å². The highest BCUT2D eigenvalue weighted by Gasteiger charge is 2.11. The van der Waals surface area contributed by atoms with Crippen molar-refractivity contribution in [2.24, 2.45) is 5.73 Å². The molecule has 0 aliphatic heterocycles. The number of hydrogen-bond acceptors (Lipinski definition) is 5. The molecule has 0 aliphatic rings. The molecule has 2 aromatic rings. The summed E-state index contributed by atoms with van der Waals surface area (Å²) in [6, 6.07) is 3.57. The van der Waals surface area contributed by atoms with Crippen molar-refractivity contribution in [2.45, 2.75) is 13.0 Å². The van der Waals surface area contributed by atoms with Crippen LogP contribution in [0.4, 0.5) is 0 Å². The normalized spacial score (nSPS) is 12.9. The van der Waals surface area contributed by atoms with Gasteiger partial charge in [0.05, 0.1) is 12.1 Å². The van der Waals surface area contributed by atoms with Gasteiger partial charge in [0.1, 0.15) is 11.9 Å². The smallest absolute Gasteiger partial charge is 0.215 e. The van der Waals surface area contributed by atoms with E-state index >= 15 is 0 Å². The molecule has 0 fully saturated rings. The number of nitrogens with zero attached hydrogens (tertiary/aromatic N) is 2. The first-order valence-corrected chi connectivity index (χ1v) is 5.12. The standard InChI is InChI=1S/C10H14N4O2/c1-2-16-8-4-3-6-9(13-8)14-10(12-6)7(15)5-11/h3-4,7,15H,2,5,11H2,1H3,(H,12,13,14). The van der Waals surface area contributed by atoms with Crippen LogP contribution in [0.3, 0.4) is 0 Å². The Morgan fingerprint density at radius 3 is 3.00 bits per heavy atom. The van der Waals surface area contributed by atoms with Crippen LogP contribution in [0.1, 0.15) is 18.9 Å². The molecule has 6 heteroatoms. The maximum Gasteiger partial charge on any atom is 0.215 e. The van der Waals surface area contributed by atoms with E-state index in [2.05, 4.69) is 15.0 Å². The Morgan fingerprint density at radius 2 is 2.31 bits per heavy atom. The number of ether oxygens (including phenoxy) is 1. The summed E-state index contributed by atoms with van der Waals surface area (Å²) in [5.74, 6) is 0.953. The van der Waals surface area contributed by atoms with Crippen molar-refractivity contribution < 1.29 is 9.84 Å². The number of aromatic amines is 1. The van der Waals surface area contributed by atoms with E-state index in [0.29, 0.717) is 24.0 Å².